The predicted molar refractivity (Wildman–Crippen MR) is 83.9 cm³/mol. The summed E-state index contributed by atoms with van der Waals surface area (Å²) < 4.78 is 0.688. The fourth-order valence-electron chi connectivity index (χ4n) is 3.22. The monoisotopic (exact) mass is 346 g/mol. The van der Waals surface area contributed by atoms with Crippen molar-refractivity contribution < 1.29 is 19.5 Å². The van der Waals surface area contributed by atoms with E-state index in [1.807, 2.05) is 13.8 Å². The SMILES string of the molecule is CC1(C)[C@@H]2SC(=S)N[C@@H]2S[C@@H]2C(=O)N(CC(=O)O)C(=O)[C@@H]21. The highest BCUT2D eigenvalue weighted by molar-refractivity contribution is 8.24. The fourth-order valence-corrected chi connectivity index (χ4v) is 7.10. The van der Waals surface area contributed by atoms with Crippen molar-refractivity contribution in [3.05, 3.63) is 0 Å². The number of hydrogen-bond donors (Lipinski definition) is 2. The first-order chi connectivity index (χ1) is 9.73. The predicted octanol–water partition coefficient (Wildman–Crippen LogP) is 0.514. The topological polar surface area (TPSA) is 86.7 Å². The maximum absolute atomic E-state index is 12.5. The highest BCUT2D eigenvalue weighted by Gasteiger charge is 2.63. The van der Waals surface area contributed by atoms with Crippen molar-refractivity contribution in [2.75, 3.05) is 6.54 Å². The van der Waals surface area contributed by atoms with E-state index in [4.69, 9.17) is 17.3 Å². The van der Waals surface area contributed by atoms with E-state index in [9.17, 15) is 14.4 Å². The van der Waals surface area contributed by atoms with E-state index in [1.54, 1.807) is 0 Å². The molecule has 0 unspecified atom stereocenters. The highest BCUT2D eigenvalue weighted by atomic mass is 32.2. The Hall–Kier alpha value is -0.800. The number of thiocarbonyl (C=S) groups is 1. The number of thioether (sulfide) groups is 2. The molecule has 2 amide bonds. The average Bonchev–Trinajstić information content (AvgIpc) is 2.84. The van der Waals surface area contributed by atoms with Crippen LogP contribution < -0.4 is 5.32 Å². The minimum Gasteiger partial charge on any atom is -0.480 e. The molecule has 0 aliphatic carbocycles. The molecule has 6 nitrogen and oxygen atoms in total. The molecule has 9 heteroatoms. The highest BCUT2D eigenvalue weighted by Crippen LogP contribution is 2.56. The van der Waals surface area contributed by atoms with Gasteiger partial charge in [0.2, 0.25) is 11.8 Å². The van der Waals surface area contributed by atoms with Crippen LogP contribution in [-0.2, 0) is 14.4 Å². The Balaban J connectivity index is 1.95. The summed E-state index contributed by atoms with van der Waals surface area (Å²) in [4.78, 5) is 36.7. The van der Waals surface area contributed by atoms with E-state index < -0.39 is 35.0 Å². The summed E-state index contributed by atoms with van der Waals surface area (Å²) in [5.41, 5.74) is -0.432. The normalized spacial score (nSPS) is 37.2. The van der Waals surface area contributed by atoms with Crippen molar-refractivity contribution in [3.63, 3.8) is 0 Å². The van der Waals surface area contributed by atoms with Gasteiger partial charge in [-0.3, -0.25) is 19.3 Å². The molecule has 0 aromatic carbocycles. The lowest BCUT2D eigenvalue weighted by atomic mass is 9.74. The van der Waals surface area contributed by atoms with E-state index in [0.717, 1.165) is 4.90 Å². The van der Waals surface area contributed by atoms with Crippen molar-refractivity contribution in [1.29, 1.82) is 0 Å². The Bertz CT molecular complexity index is 565. The van der Waals surface area contributed by atoms with Gasteiger partial charge in [-0.25, -0.2) is 0 Å². The lowest BCUT2D eigenvalue weighted by Crippen LogP contribution is -2.52. The standard InChI is InChI=1S/C12H14N2O4S3/c1-12(2)5-6(20-8-7(12)21-11(19)13-8)10(18)14(9(5)17)3-4(15)16/h5-8H,3H2,1-2H3,(H,13,19)(H,15,16)/t5-,6+,7-,8-/m1/s1. The third kappa shape index (κ3) is 2.17. The van der Waals surface area contributed by atoms with Crippen LogP contribution in [-0.4, -0.2) is 54.5 Å². The molecule has 2 N–H and O–H groups in total. The van der Waals surface area contributed by atoms with Gasteiger partial charge < -0.3 is 10.4 Å². The van der Waals surface area contributed by atoms with Crippen LogP contribution in [0.4, 0.5) is 0 Å². The van der Waals surface area contributed by atoms with Gasteiger partial charge in [-0.2, -0.15) is 0 Å². The second-order valence-corrected chi connectivity index (χ2v) is 9.01. The van der Waals surface area contributed by atoms with Gasteiger partial charge in [-0.15, -0.1) is 11.8 Å². The Morgan fingerprint density at radius 2 is 2.10 bits per heavy atom. The minimum atomic E-state index is -1.17. The van der Waals surface area contributed by atoms with Crippen LogP contribution >= 0.6 is 35.7 Å². The van der Waals surface area contributed by atoms with Crippen molar-refractivity contribution in [2.24, 2.45) is 11.3 Å². The van der Waals surface area contributed by atoms with Gasteiger partial charge in [0, 0.05) is 5.25 Å². The Labute approximate surface area is 135 Å². The second-order valence-electron chi connectivity index (χ2n) is 5.90. The van der Waals surface area contributed by atoms with Crippen molar-refractivity contribution in [3.8, 4) is 0 Å². The number of fused-ring (bicyclic) bond motifs is 2. The Morgan fingerprint density at radius 1 is 1.43 bits per heavy atom. The average molecular weight is 346 g/mol. The molecule has 3 aliphatic heterocycles. The molecule has 0 spiro atoms. The first kappa shape index (κ1) is 15.1. The largest absolute Gasteiger partial charge is 0.480 e. The minimum absolute atomic E-state index is 0.0136. The summed E-state index contributed by atoms with van der Waals surface area (Å²) in [6, 6.07) is 0. The number of carboxylic acid groups (broad SMARTS) is 1. The number of carbonyl (C=O) groups excluding carboxylic acids is 2. The Kier molecular flexibility index (Phi) is 3.49. The number of likely N-dealkylation sites (tertiary alicyclic amines) is 1. The molecule has 21 heavy (non-hydrogen) atoms. The Morgan fingerprint density at radius 3 is 2.71 bits per heavy atom. The summed E-state index contributed by atoms with van der Waals surface area (Å²) >= 11 is 8.11. The molecule has 0 bridgehead atoms. The van der Waals surface area contributed by atoms with Crippen molar-refractivity contribution >= 4 is 57.8 Å². The number of rotatable bonds is 2. The van der Waals surface area contributed by atoms with Gasteiger partial charge in [-0.1, -0.05) is 37.8 Å². The molecule has 0 saturated carbocycles. The number of aliphatic carboxylic acids is 1. The van der Waals surface area contributed by atoms with Crippen LogP contribution in [0.2, 0.25) is 0 Å². The van der Waals surface area contributed by atoms with Crippen LogP contribution in [0.25, 0.3) is 0 Å². The molecule has 0 radical (unpaired) electrons. The van der Waals surface area contributed by atoms with E-state index in [2.05, 4.69) is 5.32 Å². The maximum atomic E-state index is 12.5. The molecule has 4 atom stereocenters. The molecular formula is C12H14N2O4S3. The van der Waals surface area contributed by atoms with Crippen molar-refractivity contribution in [2.45, 2.75) is 29.7 Å². The molecule has 3 saturated heterocycles. The van der Waals surface area contributed by atoms with Crippen LogP contribution in [0.5, 0.6) is 0 Å². The number of carboxylic acids is 1. The van der Waals surface area contributed by atoms with E-state index in [1.165, 1.54) is 23.5 Å². The van der Waals surface area contributed by atoms with Crippen LogP contribution in [0.1, 0.15) is 13.8 Å². The molecular weight excluding hydrogens is 332 g/mol. The first-order valence-electron chi connectivity index (χ1n) is 6.43. The quantitative estimate of drug-likeness (QED) is 0.553. The zero-order valence-electron chi connectivity index (χ0n) is 11.4. The van der Waals surface area contributed by atoms with Crippen molar-refractivity contribution in [1.82, 2.24) is 10.2 Å². The zero-order valence-corrected chi connectivity index (χ0v) is 13.8. The zero-order chi connectivity index (χ0) is 15.5. The third-order valence-corrected chi connectivity index (χ3v) is 7.73. The van der Waals surface area contributed by atoms with Gasteiger partial charge in [0.1, 0.15) is 10.9 Å². The lowest BCUT2D eigenvalue weighted by Gasteiger charge is -2.44. The summed E-state index contributed by atoms with van der Waals surface area (Å²) in [6.45, 7) is 3.36. The van der Waals surface area contributed by atoms with Crippen LogP contribution in [0, 0.1) is 11.3 Å². The van der Waals surface area contributed by atoms with Gasteiger partial charge in [0.15, 0.2) is 0 Å². The number of hydrogen-bond acceptors (Lipinski definition) is 6. The summed E-state index contributed by atoms with van der Waals surface area (Å²) in [7, 11) is 0. The molecule has 3 heterocycles. The van der Waals surface area contributed by atoms with Gasteiger partial charge in [0.25, 0.3) is 0 Å². The molecule has 3 aliphatic rings. The lowest BCUT2D eigenvalue weighted by molar-refractivity contribution is -0.149. The molecule has 3 fully saturated rings. The van der Waals surface area contributed by atoms with E-state index in [0.29, 0.717) is 4.32 Å². The molecule has 114 valence electrons. The molecule has 0 aromatic heterocycles. The van der Waals surface area contributed by atoms with E-state index in [-0.39, 0.29) is 16.5 Å². The number of amides is 2. The second kappa shape index (κ2) is 4.85. The van der Waals surface area contributed by atoms with Crippen LogP contribution in [0.3, 0.4) is 0 Å². The van der Waals surface area contributed by atoms with E-state index >= 15 is 0 Å². The fraction of sp³-hybridized carbons (Fsp3) is 0.667. The number of nitrogens with one attached hydrogen (secondary N) is 1. The third-order valence-electron chi connectivity index (χ3n) is 4.23. The van der Waals surface area contributed by atoms with Gasteiger partial charge in [-0.05, 0) is 5.41 Å². The summed E-state index contributed by atoms with van der Waals surface area (Å²) in [6.07, 6.45) is 0. The maximum Gasteiger partial charge on any atom is 0.323 e. The van der Waals surface area contributed by atoms with Crippen LogP contribution in [0.15, 0.2) is 0 Å². The molecule has 0 aromatic rings. The smallest absolute Gasteiger partial charge is 0.323 e. The number of nitrogens with zero attached hydrogens (tertiary/aromatic N) is 1. The summed E-state index contributed by atoms with van der Waals surface area (Å²) in [5.74, 6) is -2.44. The van der Waals surface area contributed by atoms with Gasteiger partial charge in [0.05, 0.1) is 16.5 Å². The number of imide groups is 1. The van der Waals surface area contributed by atoms with Gasteiger partial charge >= 0.3 is 5.97 Å². The summed E-state index contributed by atoms with van der Waals surface area (Å²) in [5, 5.41) is 11.6. The first-order valence-corrected chi connectivity index (χ1v) is 8.66. The number of carbonyl (C=O) groups is 3. The molecule has 3 rings (SSSR count).